The van der Waals surface area contributed by atoms with E-state index in [9.17, 15) is 4.79 Å². The van der Waals surface area contributed by atoms with Gasteiger partial charge in [0.05, 0.1) is 6.54 Å². The van der Waals surface area contributed by atoms with Gasteiger partial charge < -0.3 is 9.42 Å². The highest BCUT2D eigenvalue weighted by molar-refractivity contribution is 5.91. The summed E-state index contributed by atoms with van der Waals surface area (Å²) in [5, 5.41) is 3.84. The number of carbonyl (C=O) groups is 1. The summed E-state index contributed by atoms with van der Waals surface area (Å²) in [7, 11) is 1.71. The van der Waals surface area contributed by atoms with Gasteiger partial charge in [0.2, 0.25) is 0 Å². The molecule has 2 aromatic heterocycles. The first-order chi connectivity index (χ1) is 8.16. The van der Waals surface area contributed by atoms with Gasteiger partial charge >= 0.3 is 0 Å². The largest absolute Gasteiger partial charge is 0.361 e. The Balaban J connectivity index is 2.06. The van der Waals surface area contributed by atoms with Crippen LogP contribution in [0.1, 0.15) is 21.9 Å². The van der Waals surface area contributed by atoms with Crippen molar-refractivity contribution in [3.8, 4) is 0 Å². The van der Waals surface area contributed by atoms with Gasteiger partial charge in [-0.3, -0.25) is 9.78 Å². The quantitative estimate of drug-likeness (QED) is 0.805. The molecular weight excluding hydrogens is 218 g/mol. The second-order valence-electron chi connectivity index (χ2n) is 3.81. The predicted molar refractivity (Wildman–Crippen MR) is 61.3 cm³/mol. The molecule has 0 aromatic carbocycles. The number of pyridine rings is 1. The van der Waals surface area contributed by atoms with Gasteiger partial charge in [0, 0.05) is 19.3 Å². The molecule has 0 spiro atoms. The maximum absolute atomic E-state index is 12.0. The minimum absolute atomic E-state index is 0.133. The summed E-state index contributed by atoms with van der Waals surface area (Å²) < 4.78 is 4.95. The number of rotatable bonds is 3. The lowest BCUT2D eigenvalue weighted by atomic mass is 10.3. The van der Waals surface area contributed by atoms with Gasteiger partial charge in [-0.2, -0.15) is 0 Å². The SMILES string of the molecule is Cc1cc(CN(C)C(=O)c2ccccn2)no1. The van der Waals surface area contributed by atoms with Crippen molar-refractivity contribution in [3.05, 3.63) is 47.6 Å². The molecule has 5 nitrogen and oxygen atoms in total. The van der Waals surface area contributed by atoms with Gasteiger partial charge in [-0.25, -0.2) is 0 Å². The molecule has 0 unspecified atom stereocenters. The lowest BCUT2D eigenvalue weighted by Crippen LogP contribution is -2.27. The molecule has 88 valence electrons. The molecule has 0 saturated heterocycles. The standard InChI is InChI=1S/C12H13N3O2/c1-9-7-10(14-17-9)8-15(2)12(16)11-5-3-4-6-13-11/h3-7H,8H2,1-2H3. The van der Waals surface area contributed by atoms with Crippen LogP contribution in [0.15, 0.2) is 35.0 Å². The molecule has 1 amide bonds. The second-order valence-corrected chi connectivity index (χ2v) is 3.81. The Morgan fingerprint density at radius 3 is 2.88 bits per heavy atom. The van der Waals surface area contributed by atoms with Crippen LogP contribution >= 0.6 is 0 Å². The van der Waals surface area contributed by atoms with Crippen LogP contribution in [0.3, 0.4) is 0 Å². The Bertz CT molecular complexity index is 507. The number of nitrogens with zero attached hydrogens (tertiary/aromatic N) is 3. The Kier molecular flexibility index (Phi) is 3.18. The topological polar surface area (TPSA) is 59.2 Å². The molecule has 0 bridgehead atoms. The van der Waals surface area contributed by atoms with Crippen LogP contribution in [0.4, 0.5) is 0 Å². The molecule has 0 N–H and O–H groups in total. The summed E-state index contributed by atoms with van der Waals surface area (Å²) >= 11 is 0. The molecule has 0 aliphatic heterocycles. The normalized spacial score (nSPS) is 10.2. The van der Waals surface area contributed by atoms with Crippen LogP contribution in [0.25, 0.3) is 0 Å². The van der Waals surface area contributed by atoms with Gasteiger partial charge in [-0.1, -0.05) is 11.2 Å². The van der Waals surface area contributed by atoms with Crippen molar-refractivity contribution in [1.82, 2.24) is 15.0 Å². The van der Waals surface area contributed by atoms with Gasteiger partial charge in [0.1, 0.15) is 17.1 Å². The fourth-order valence-corrected chi connectivity index (χ4v) is 1.49. The van der Waals surface area contributed by atoms with E-state index in [0.717, 1.165) is 11.5 Å². The van der Waals surface area contributed by atoms with Crippen LogP contribution in [0.5, 0.6) is 0 Å². The third kappa shape index (κ3) is 2.69. The number of hydrogen-bond donors (Lipinski definition) is 0. The smallest absolute Gasteiger partial charge is 0.272 e. The average molecular weight is 231 g/mol. The third-order valence-electron chi connectivity index (χ3n) is 2.31. The van der Waals surface area contributed by atoms with Gasteiger partial charge in [0.15, 0.2) is 0 Å². The van der Waals surface area contributed by atoms with Gasteiger partial charge in [0.25, 0.3) is 5.91 Å². The Labute approximate surface area is 99.1 Å². The van der Waals surface area contributed by atoms with E-state index in [4.69, 9.17) is 4.52 Å². The third-order valence-corrected chi connectivity index (χ3v) is 2.31. The lowest BCUT2D eigenvalue weighted by molar-refractivity contribution is 0.0776. The van der Waals surface area contributed by atoms with E-state index in [-0.39, 0.29) is 5.91 Å². The van der Waals surface area contributed by atoms with Crippen LogP contribution in [0, 0.1) is 6.92 Å². The number of aromatic nitrogens is 2. The van der Waals surface area contributed by atoms with Crippen LogP contribution in [-0.2, 0) is 6.54 Å². The van der Waals surface area contributed by atoms with Crippen molar-refractivity contribution in [2.45, 2.75) is 13.5 Å². The summed E-state index contributed by atoms with van der Waals surface area (Å²) in [6.07, 6.45) is 1.60. The zero-order chi connectivity index (χ0) is 12.3. The van der Waals surface area contributed by atoms with Crippen LogP contribution in [0.2, 0.25) is 0 Å². The first-order valence-corrected chi connectivity index (χ1v) is 5.25. The van der Waals surface area contributed by atoms with E-state index in [1.54, 1.807) is 36.3 Å². The van der Waals surface area contributed by atoms with Crippen molar-refractivity contribution >= 4 is 5.91 Å². The zero-order valence-electron chi connectivity index (χ0n) is 9.75. The molecule has 0 fully saturated rings. The van der Waals surface area contributed by atoms with Gasteiger partial charge in [-0.15, -0.1) is 0 Å². The Morgan fingerprint density at radius 2 is 2.29 bits per heavy atom. The van der Waals surface area contributed by atoms with E-state index in [1.807, 2.05) is 13.0 Å². The number of carbonyl (C=O) groups excluding carboxylic acids is 1. The fourth-order valence-electron chi connectivity index (χ4n) is 1.49. The van der Waals surface area contributed by atoms with Crippen molar-refractivity contribution in [3.63, 3.8) is 0 Å². The molecule has 2 aromatic rings. The minimum Gasteiger partial charge on any atom is -0.361 e. The second kappa shape index (κ2) is 4.78. The summed E-state index contributed by atoms with van der Waals surface area (Å²) in [4.78, 5) is 17.5. The summed E-state index contributed by atoms with van der Waals surface area (Å²) in [5.74, 6) is 0.602. The molecule has 0 radical (unpaired) electrons. The van der Waals surface area contributed by atoms with E-state index >= 15 is 0 Å². The molecule has 0 aliphatic carbocycles. The summed E-state index contributed by atoms with van der Waals surface area (Å²) in [6, 6.07) is 7.06. The van der Waals surface area contributed by atoms with Crippen LogP contribution < -0.4 is 0 Å². The average Bonchev–Trinajstić information content (AvgIpc) is 2.75. The molecule has 5 heteroatoms. The number of aryl methyl sites for hydroxylation is 1. The Morgan fingerprint density at radius 1 is 1.47 bits per heavy atom. The van der Waals surface area contributed by atoms with E-state index < -0.39 is 0 Å². The molecule has 0 atom stereocenters. The lowest BCUT2D eigenvalue weighted by Gasteiger charge is -2.14. The van der Waals surface area contributed by atoms with Crippen molar-refractivity contribution in [1.29, 1.82) is 0 Å². The fraction of sp³-hybridized carbons (Fsp3) is 0.250. The molecule has 0 saturated carbocycles. The zero-order valence-corrected chi connectivity index (χ0v) is 9.75. The first kappa shape index (κ1) is 11.3. The molecule has 2 rings (SSSR count). The van der Waals surface area contributed by atoms with Crippen LogP contribution in [-0.4, -0.2) is 28.0 Å². The molecular formula is C12H13N3O2. The highest BCUT2D eigenvalue weighted by Crippen LogP contribution is 2.07. The monoisotopic (exact) mass is 231 g/mol. The van der Waals surface area contributed by atoms with Gasteiger partial charge in [-0.05, 0) is 19.1 Å². The maximum atomic E-state index is 12.0. The van der Waals surface area contributed by atoms with E-state index in [0.29, 0.717) is 12.2 Å². The van der Waals surface area contributed by atoms with Crippen molar-refractivity contribution < 1.29 is 9.32 Å². The number of amides is 1. The summed E-state index contributed by atoms with van der Waals surface area (Å²) in [6.45, 7) is 2.23. The molecule has 2 heterocycles. The maximum Gasteiger partial charge on any atom is 0.272 e. The highest BCUT2D eigenvalue weighted by atomic mass is 16.5. The van der Waals surface area contributed by atoms with Crippen molar-refractivity contribution in [2.75, 3.05) is 7.05 Å². The minimum atomic E-state index is -0.133. The Hall–Kier alpha value is -2.17. The molecule has 17 heavy (non-hydrogen) atoms. The first-order valence-electron chi connectivity index (χ1n) is 5.25. The number of hydrogen-bond acceptors (Lipinski definition) is 4. The van der Waals surface area contributed by atoms with Crippen molar-refractivity contribution in [2.24, 2.45) is 0 Å². The molecule has 0 aliphatic rings. The predicted octanol–water partition coefficient (Wildman–Crippen LogP) is 1.65. The van der Waals surface area contributed by atoms with E-state index in [1.165, 1.54) is 0 Å². The highest BCUT2D eigenvalue weighted by Gasteiger charge is 2.14. The van der Waals surface area contributed by atoms with E-state index in [2.05, 4.69) is 10.1 Å². The summed E-state index contributed by atoms with van der Waals surface area (Å²) in [5.41, 5.74) is 1.16.